The molecule has 16 heavy (non-hydrogen) atoms. The lowest BCUT2D eigenvalue weighted by Crippen LogP contribution is -2.32. The number of amides is 1. The topological polar surface area (TPSA) is 55.1 Å². The fourth-order valence-electron chi connectivity index (χ4n) is 2.01. The number of benzene rings is 1. The molecule has 0 fully saturated rings. The second-order valence-corrected chi connectivity index (χ2v) is 4.08. The van der Waals surface area contributed by atoms with Gasteiger partial charge in [-0.15, -0.1) is 12.4 Å². The molecule has 1 unspecified atom stereocenters. The number of nitrogens with one attached hydrogen (secondary N) is 1. The molecule has 0 spiro atoms. The van der Waals surface area contributed by atoms with E-state index in [1.54, 1.807) is 0 Å². The number of hydrogen-bond acceptors (Lipinski definition) is 2. The molecule has 0 aromatic heterocycles. The van der Waals surface area contributed by atoms with E-state index in [0.29, 0.717) is 0 Å². The van der Waals surface area contributed by atoms with Gasteiger partial charge in [0.15, 0.2) is 0 Å². The minimum absolute atomic E-state index is 0. The van der Waals surface area contributed by atoms with Crippen LogP contribution in [0.3, 0.4) is 0 Å². The van der Waals surface area contributed by atoms with Gasteiger partial charge in [-0.25, -0.2) is 0 Å². The predicted molar refractivity (Wildman–Crippen MR) is 67.0 cm³/mol. The van der Waals surface area contributed by atoms with Crippen LogP contribution in [0.4, 0.5) is 0 Å². The maximum Gasteiger partial charge on any atom is 0.234 e. The molecule has 1 amide bonds. The van der Waals surface area contributed by atoms with Gasteiger partial charge in [-0.2, -0.15) is 0 Å². The summed E-state index contributed by atoms with van der Waals surface area (Å²) in [4.78, 5) is 11.2. The first-order valence-electron chi connectivity index (χ1n) is 4.99. The third kappa shape index (κ3) is 2.48. The van der Waals surface area contributed by atoms with Gasteiger partial charge in [0.1, 0.15) is 0 Å². The van der Waals surface area contributed by atoms with Crippen LogP contribution in [0, 0.1) is 0 Å². The van der Waals surface area contributed by atoms with Crippen LogP contribution in [-0.4, -0.2) is 12.5 Å². The highest BCUT2D eigenvalue weighted by molar-refractivity contribution is 6.31. The Morgan fingerprint density at radius 3 is 3.00 bits per heavy atom. The Morgan fingerprint density at radius 2 is 2.31 bits per heavy atom. The molecular weight excluding hydrogens is 247 g/mol. The molecule has 0 bridgehead atoms. The lowest BCUT2D eigenvalue weighted by molar-refractivity contribution is -0.120. The average molecular weight is 261 g/mol. The van der Waals surface area contributed by atoms with Crippen LogP contribution in [0.25, 0.3) is 0 Å². The fraction of sp³-hybridized carbons (Fsp3) is 0.364. The van der Waals surface area contributed by atoms with Crippen LogP contribution in [0.2, 0.25) is 5.02 Å². The van der Waals surface area contributed by atoms with E-state index < -0.39 is 0 Å². The first-order chi connectivity index (χ1) is 7.22. The third-order valence-electron chi connectivity index (χ3n) is 2.73. The number of hydrogen-bond donors (Lipinski definition) is 2. The van der Waals surface area contributed by atoms with E-state index in [1.165, 1.54) is 0 Å². The molecule has 2 rings (SSSR count). The van der Waals surface area contributed by atoms with E-state index in [2.05, 4.69) is 5.32 Å². The molecule has 0 saturated heterocycles. The summed E-state index contributed by atoms with van der Waals surface area (Å²) >= 11 is 6.07. The molecule has 1 aromatic carbocycles. The van der Waals surface area contributed by atoms with Gasteiger partial charge >= 0.3 is 0 Å². The number of carbonyl (C=O) groups is 1. The summed E-state index contributed by atoms with van der Waals surface area (Å²) in [6.07, 6.45) is 1.83. The van der Waals surface area contributed by atoms with Crippen molar-refractivity contribution in [1.29, 1.82) is 0 Å². The Kier molecular flexibility index (Phi) is 4.59. The molecule has 88 valence electrons. The normalized spacial score (nSPS) is 17.5. The molecule has 0 radical (unpaired) electrons. The summed E-state index contributed by atoms with van der Waals surface area (Å²) in [6, 6.07) is 5.88. The van der Waals surface area contributed by atoms with Crippen molar-refractivity contribution in [3.05, 3.63) is 34.3 Å². The summed E-state index contributed by atoms with van der Waals surface area (Å²) < 4.78 is 0. The summed E-state index contributed by atoms with van der Waals surface area (Å²) in [6.45, 7) is 0.0341. The molecule has 3 N–H and O–H groups in total. The molecule has 1 aromatic rings. The molecule has 5 heteroatoms. The molecule has 0 aliphatic heterocycles. The van der Waals surface area contributed by atoms with E-state index in [9.17, 15) is 4.79 Å². The maximum absolute atomic E-state index is 11.2. The molecule has 0 saturated carbocycles. The first-order valence-corrected chi connectivity index (χ1v) is 5.37. The molecule has 1 aliphatic carbocycles. The monoisotopic (exact) mass is 260 g/mol. The number of rotatable bonds is 2. The molecule has 0 heterocycles. The zero-order chi connectivity index (χ0) is 10.8. The lowest BCUT2D eigenvalue weighted by atomic mass is 10.1. The van der Waals surface area contributed by atoms with E-state index in [-0.39, 0.29) is 30.9 Å². The Morgan fingerprint density at radius 1 is 1.56 bits per heavy atom. The van der Waals surface area contributed by atoms with Crippen molar-refractivity contribution >= 4 is 29.9 Å². The number of fused-ring (bicyclic) bond motifs is 1. The Labute approximate surface area is 106 Å². The lowest BCUT2D eigenvalue weighted by Gasteiger charge is -2.13. The van der Waals surface area contributed by atoms with Gasteiger partial charge in [0, 0.05) is 5.02 Å². The molecular formula is C11H14Cl2N2O. The maximum atomic E-state index is 11.2. The minimum Gasteiger partial charge on any atom is -0.348 e. The second kappa shape index (κ2) is 5.53. The van der Waals surface area contributed by atoms with Crippen molar-refractivity contribution in [3.63, 3.8) is 0 Å². The highest BCUT2D eigenvalue weighted by atomic mass is 35.5. The Bertz CT molecular complexity index is 396. The van der Waals surface area contributed by atoms with E-state index in [1.807, 2.05) is 18.2 Å². The van der Waals surface area contributed by atoms with E-state index >= 15 is 0 Å². The largest absolute Gasteiger partial charge is 0.348 e. The smallest absolute Gasteiger partial charge is 0.234 e. The highest BCUT2D eigenvalue weighted by Gasteiger charge is 2.24. The van der Waals surface area contributed by atoms with Gasteiger partial charge in [-0.3, -0.25) is 4.79 Å². The second-order valence-electron chi connectivity index (χ2n) is 3.67. The standard InChI is InChI=1S/C11H13ClN2O.ClH/c12-9-3-1-2-8-7(9)4-5-10(8)14-11(15)6-13;/h1-3,10H,4-6,13H2,(H,14,15);1H. The van der Waals surface area contributed by atoms with Crippen molar-refractivity contribution in [2.45, 2.75) is 18.9 Å². The summed E-state index contributed by atoms with van der Waals surface area (Å²) in [5.41, 5.74) is 7.55. The molecule has 1 aliphatic rings. The fourth-order valence-corrected chi connectivity index (χ4v) is 2.29. The molecule has 1 atom stereocenters. The van der Waals surface area contributed by atoms with Crippen LogP contribution in [0.1, 0.15) is 23.6 Å². The molecule has 3 nitrogen and oxygen atoms in total. The van der Waals surface area contributed by atoms with Crippen molar-refractivity contribution in [3.8, 4) is 0 Å². The van der Waals surface area contributed by atoms with Crippen molar-refractivity contribution in [2.24, 2.45) is 5.73 Å². The van der Waals surface area contributed by atoms with Crippen LogP contribution in [-0.2, 0) is 11.2 Å². The van der Waals surface area contributed by atoms with Crippen LogP contribution in [0.15, 0.2) is 18.2 Å². The van der Waals surface area contributed by atoms with Crippen LogP contribution < -0.4 is 11.1 Å². The summed E-state index contributed by atoms with van der Waals surface area (Å²) in [5, 5.41) is 3.68. The van der Waals surface area contributed by atoms with E-state index in [4.69, 9.17) is 17.3 Å². The van der Waals surface area contributed by atoms with Crippen LogP contribution in [0.5, 0.6) is 0 Å². The first kappa shape index (κ1) is 13.3. The van der Waals surface area contributed by atoms with Gasteiger partial charge in [-0.05, 0) is 30.0 Å². The quantitative estimate of drug-likeness (QED) is 0.853. The highest BCUT2D eigenvalue weighted by Crippen LogP contribution is 2.35. The zero-order valence-electron chi connectivity index (χ0n) is 8.70. The SMILES string of the molecule is Cl.NCC(=O)NC1CCc2c(Cl)cccc21. The predicted octanol–water partition coefficient (Wildman–Crippen LogP) is 1.82. The number of nitrogens with two attached hydrogens (primary N) is 1. The minimum atomic E-state index is -0.118. The summed E-state index contributed by atoms with van der Waals surface area (Å²) in [7, 11) is 0. The number of halogens is 2. The van der Waals surface area contributed by atoms with Crippen molar-refractivity contribution in [1.82, 2.24) is 5.32 Å². The third-order valence-corrected chi connectivity index (χ3v) is 3.09. The van der Waals surface area contributed by atoms with Gasteiger partial charge in [-0.1, -0.05) is 23.7 Å². The van der Waals surface area contributed by atoms with Gasteiger partial charge in [0.05, 0.1) is 12.6 Å². The van der Waals surface area contributed by atoms with Gasteiger partial charge in [0.2, 0.25) is 5.91 Å². The Balaban J connectivity index is 0.00000128. The Hall–Kier alpha value is -0.770. The van der Waals surface area contributed by atoms with Crippen molar-refractivity contribution in [2.75, 3.05) is 6.54 Å². The summed E-state index contributed by atoms with van der Waals surface area (Å²) in [5.74, 6) is -0.118. The van der Waals surface area contributed by atoms with Crippen molar-refractivity contribution < 1.29 is 4.79 Å². The van der Waals surface area contributed by atoms with Crippen LogP contribution >= 0.6 is 24.0 Å². The average Bonchev–Trinajstić information content (AvgIpc) is 2.63. The van der Waals surface area contributed by atoms with Gasteiger partial charge < -0.3 is 11.1 Å². The number of carbonyl (C=O) groups excluding carboxylic acids is 1. The van der Waals surface area contributed by atoms with Gasteiger partial charge in [0.25, 0.3) is 0 Å². The van der Waals surface area contributed by atoms with E-state index in [0.717, 1.165) is 29.0 Å². The zero-order valence-corrected chi connectivity index (χ0v) is 10.3.